The topological polar surface area (TPSA) is 17.1 Å². The van der Waals surface area contributed by atoms with Gasteiger partial charge in [-0.05, 0) is 25.2 Å². The van der Waals surface area contributed by atoms with Gasteiger partial charge >= 0.3 is 0 Å². The highest BCUT2D eigenvalue weighted by Gasteiger charge is 2.24. The van der Waals surface area contributed by atoms with Crippen LogP contribution in [0, 0.1) is 11.8 Å². The fourth-order valence-corrected chi connectivity index (χ4v) is 2.46. The first-order chi connectivity index (χ1) is 5.74. The zero-order valence-corrected chi connectivity index (χ0v) is 8.31. The van der Waals surface area contributed by atoms with E-state index in [1.54, 1.807) is 6.92 Å². The van der Waals surface area contributed by atoms with E-state index in [2.05, 4.69) is 6.92 Å². The van der Waals surface area contributed by atoms with Crippen LogP contribution in [-0.4, -0.2) is 5.78 Å². The molecule has 0 bridgehead atoms. The second kappa shape index (κ2) is 4.64. The van der Waals surface area contributed by atoms with Crippen LogP contribution in [0.2, 0.25) is 0 Å². The number of hydrogen-bond donors (Lipinski definition) is 0. The summed E-state index contributed by atoms with van der Waals surface area (Å²) in [7, 11) is 0. The van der Waals surface area contributed by atoms with E-state index in [1.807, 2.05) is 0 Å². The molecular formula is C11H20O. The summed E-state index contributed by atoms with van der Waals surface area (Å²) in [6.07, 6.45) is 7.46. The highest BCUT2D eigenvalue weighted by atomic mass is 16.1. The van der Waals surface area contributed by atoms with Crippen LogP contribution in [0.15, 0.2) is 0 Å². The molecule has 1 aliphatic carbocycles. The second-order valence-electron chi connectivity index (χ2n) is 4.12. The van der Waals surface area contributed by atoms with Gasteiger partial charge in [-0.1, -0.05) is 32.6 Å². The predicted octanol–water partition coefficient (Wildman–Crippen LogP) is 3.18. The number of carbonyl (C=O) groups is 1. The Bertz CT molecular complexity index is 151. The second-order valence-corrected chi connectivity index (χ2v) is 4.12. The molecule has 2 unspecified atom stereocenters. The van der Waals surface area contributed by atoms with Gasteiger partial charge in [-0.2, -0.15) is 0 Å². The van der Waals surface area contributed by atoms with Gasteiger partial charge in [-0.3, -0.25) is 0 Å². The molecule has 0 aromatic rings. The third-order valence-electron chi connectivity index (χ3n) is 3.14. The molecule has 0 N–H and O–H groups in total. The molecule has 0 radical (unpaired) electrons. The van der Waals surface area contributed by atoms with Crippen LogP contribution < -0.4 is 0 Å². The van der Waals surface area contributed by atoms with Gasteiger partial charge in [0.25, 0.3) is 0 Å². The van der Waals surface area contributed by atoms with E-state index in [1.165, 1.54) is 32.1 Å². The SMILES string of the molecule is CCC1CCCCC1CC(C)=O. The van der Waals surface area contributed by atoms with Crippen molar-refractivity contribution in [1.82, 2.24) is 0 Å². The van der Waals surface area contributed by atoms with E-state index in [0.717, 1.165) is 12.3 Å². The van der Waals surface area contributed by atoms with Gasteiger partial charge in [0, 0.05) is 6.42 Å². The van der Waals surface area contributed by atoms with Crippen LogP contribution in [0.5, 0.6) is 0 Å². The van der Waals surface area contributed by atoms with Crippen LogP contribution in [0.1, 0.15) is 52.4 Å². The molecule has 1 saturated carbocycles. The molecule has 1 nitrogen and oxygen atoms in total. The van der Waals surface area contributed by atoms with Crippen molar-refractivity contribution >= 4 is 5.78 Å². The lowest BCUT2D eigenvalue weighted by Gasteiger charge is -2.29. The van der Waals surface area contributed by atoms with Crippen molar-refractivity contribution in [2.75, 3.05) is 0 Å². The smallest absolute Gasteiger partial charge is 0.130 e. The Morgan fingerprint density at radius 1 is 1.25 bits per heavy atom. The van der Waals surface area contributed by atoms with Gasteiger partial charge < -0.3 is 4.79 Å². The highest BCUT2D eigenvalue weighted by molar-refractivity contribution is 5.75. The molecule has 0 spiro atoms. The minimum absolute atomic E-state index is 0.375. The fraction of sp³-hybridized carbons (Fsp3) is 0.909. The summed E-state index contributed by atoms with van der Waals surface area (Å²) in [6, 6.07) is 0. The molecule has 2 atom stereocenters. The summed E-state index contributed by atoms with van der Waals surface area (Å²) >= 11 is 0. The first kappa shape index (κ1) is 9.76. The van der Waals surface area contributed by atoms with Crippen LogP contribution in [0.4, 0.5) is 0 Å². The first-order valence-corrected chi connectivity index (χ1v) is 5.23. The maximum atomic E-state index is 11.0. The minimum atomic E-state index is 0.375. The number of ketones is 1. The summed E-state index contributed by atoms with van der Waals surface area (Å²) < 4.78 is 0. The first-order valence-electron chi connectivity index (χ1n) is 5.23. The van der Waals surface area contributed by atoms with Gasteiger partial charge in [-0.25, -0.2) is 0 Å². The van der Waals surface area contributed by atoms with Gasteiger partial charge in [0.15, 0.2) is 0 Å². The van der Waals surface area contributed by atoms with Gasteiger partial charge in [0.05, 0.1) is 0 Å². The lowest BCUT2D eigenvalue weighted by atomic mass is 9.75. The van der Waals surface area contributed by atoms with Crippen LogP contribution in [-0.2, 0) is 4.79 Å². The molecule has 70 valence electrons. The Hall–Kier alpha value is -0.330. The van der Waals surface area contributed by atoms with E-state index in [-0.39, 0.29) is 0 Å². The maximum absolute atomic E-state index is 11.0. The third-order valence-corrected chi connectivity index (χ3v) is 3.14. The van der Waals surface area contributed by atoms with Crippen molar-refractivity contribution < 1.29 is 4.79 Å². The molecule has 1 aliphatic rings. The normalized spacial score (nSPS) is 30.2. The summed E-state index contributed by atoms with van der Waals surface area (Å²) in [5.41, 5.74) is 0. The van der Waals surface area contributed by atoms with Crippen molar-refractivity contribution in [1.29, 1.82) is 0 Å². The van der Waals surface area contributed by atoms with E-state index in [4.69, 9.17) is 0 Å². The number of hydrogen-bond acceptors (Lipinski definition) is 1. The van der Waals surface area contributed by atoms with Crippen LogP contribution >= 0.6 is 0 Å². The molecule has 0 heterocycles. The monoisotopic (exact) mass is 168 g/mol. The molecule has 1 fully saturated rings. The zero-order chi connectivity index (χ0) is 8.97. The van der Waals surface area contributed by atoms with Crippen molar-refractivity contribution in [3.8, 4) is 0 Å². The lowest BCUT2D eigenvalue weighted by Crippen LogP contribution is -2.20. The van der Waals surface area contributed by atoms with Crippen LogP contribution in [0.25, 0.3) is 0 Å². The lowest BCUT2D eigenvalue weighted by molar-refractivity contribution is -0.118. The quantitative estimate of drug-likeness (QED) is 0.632. The van der Waals surface area contributed by atoms with E-state index < -0.39 is 0 Å². The van der Waals surface area contributed by atoms with Gasteiger partial charge in [0.1, 0.15) is 5.78 Å². The number of rotatable bonds is 3. The minimum Gasteiger partial charge on any atom is -0.300 e. The number of carbonyl (C=O) groups excluding carboxylic acids is 1. The van der Waals surface area contributed by atoms with Crippen molar-refractivity contribution in [2.24, 2.45) is 11.8 Å². The Morgan fingerprint density at radius 3 is 2.33 bits per heavy atom. The van der Waals surface area contributed by atoms with Crippen molar-refractivity contribution in [3.05, 3.63) is 0 Å². The Morgan fingerprint density at radius 2 is 1.83 bits per heavy atom. The van der Waals surface area contributed by atoms with Crippen molar-refractivity contribution in [3.63, 3.8) is 0 Å². The fourth-order valence-electron chi connectivity index (χ4n) is 2.46. The summed E-state index contributed by atoms with van der Waals surface area (Å²) in [5, 5.41) is 0. The Labute approximate surface area is 75.5 Å². The summed E-state index contributed by atoms with van der Waals surface area (Å²) in [5.74, 6) is 1.92. The van der Waals surface area contributed by atoms with E-state index >= 15 is 0 Å². The molecule has 0 amide bonds. The molecule has 0 aromatic heterocycles. The van der Waals surface area contributed by atoms with Gasteiger partial charge in [0.2, 0.25) is 0 Å². The largest absolute Gasteiger partial charge is 0.300 e. The number of Topliss-reactive ketones (excluding diaryl/α,β-unsaturated/α-hetero) is 1. The Kier molecular flexibility index (Phi) is 3.77. The molecule has 0 saturated heterocycles. The molecule has 0 aliphatic heterocycles. The molecule has 12 heavy (non-hydrogen) atoms. The Balaban J connectivity index is 2.41. The van der Waals surface area contributed by atoms with Gasteiger partial charge in [-0.15, -0.1) is 0 Å². The average Bonchev–Trinajstić information content (AvgIpc) is 2.04. The van der Waals surface area contributed by atoms with E-state index in [0.29, 0.717) is 11.7 Å². The zero-order valence-electron chi connectivity index (χ0n) is 8.31. The summed E-state index contributed by atoms with van der Waals surface area (Å²) in [4.78, 5) is 11.0. The standard InChI is InChI=1S/C11H20O/c1-3-10-6-4-5-7-11(10)8-9(2)12/h10-11H,3-8H2,1-2H3. The van der Waals surface area contributed by atoms with Crippen LogP contribution in [0.3, 0.4) is 0 Å². The molecule has 1 rings (SSSR count). The van der Waals surface area contributed by atoms with E-state index in [9.17, 15) is 4.79 Å². The molecular weight excluding hydrogens is 148 g/mol. The summed E-state index contributed by atoms with van der Waals surface area (Å²) in [6.45, 7) is 3.98. The highest BCUT2D eigenvalue weighted by Crippen LogP contribution is 2.34. The predicted molar refractivity (Wildman–Crippen MR) is 51.0 cm³/mol. The molecule has 1 heteroatoms. The average molecular weight is 168 g/mol. The maximum Gasteiger partial charge on any atom is 0.130 e. The molecule has 0 aromatic carbocycles. The third kappa shape index (κ3) is 2.62. The van der Waals surface area contributed by atoms with Crippen molar-refractivity contribution in [2.45, 2.75) is 52.4 Å².